The van der Waals surface area contributed by atoms with Crippen molar-refractivity contribution in [2.75, 3.05) is 26.0 Å². The normalized spacial score (nSPS) is 14.6. The van der Waals surface area contributed by atoms with Gasteiger partial charge in [-0.1, -0.05) is 36.0 Å². The minimum atomic E-state index is -0.290. The topological polar surface area (TPSA) is 116 Å². The average molecular weight is 477 g/mol. The second-order valence-electron chi connectivity index (χ2n) is 8.13. The molecule has 0 saturated carbocycles. The SMILES string of the molecule is COc1ccccc1-c1nc2c3ccccc3nc(SCC(=O)N3CCC(C(N)=O)CC3)n2n1. The molecule has 3 heterocycles. The summed E-state index contributed by atoms with van der Waals surface area (Å²) in [6, 6.07) is 15.3. The van der Waals surface area contributed by atoms with E-state index in [0.717, 1.165) is 16.5 Å². The van der Waals surface area contributed by atoms with Gasteiger partial charge < -0.3 is 15.4 Å². The van der Waals surface area contributed by atoms with Gasteiger partial charge in [-0.15, -0.1) is 5.10 Å². The number of nitrogens with zero attached hydrogens (tertiary/aromatic N) is 5. The van der Waals surface area contributed by atoms with Crippen molar-refractivity contribution in [2.24, 2.45) is 11.7 Å². The van der Waals surface area contributed by atoms with Crippen molar-refractivity contribution in [3.05, 3.63) is 48.5 Å². The van der Waals surface area contributed by atoms with Crippen LogP contribution in [0.15, 0.2) is 53.7 Å². The van der Waals surface area contributed by atoms with Crippen LogP contribution in [0.1, 0.15) is 12.8 Å². The molecular formula is C24H24N6O3S. The van der Waals surface area contributed by atoms with Crippen molar-refractivity contribution < 1.29 is 14.3 Å². The molecule has 2 N–H and O–H groups in total. The van der Waals surface area contributed by atoms with Gasteiger partial charge in [-0.3, -0.25) is 9.59 Å². The Kier molecular flexibility index (Phi) is 6.06. The predicted molar refractivity (Wildman–Crippen MR) is 129 cm³/mol. The molecule has 1 aliphatic heterocycles. The van der Waals surface area contributed by atoms with Crippen molar-refractivity contribution in [3.63, 3.8) is 0 Å². The van der Waals surface area contributed by atoms with Gasteiger partial charge in [-0.25, -0.2) is 9.97 Å². The summed E-state index contributed by atoms with van der Waals surface area (Å²) >= 11 is 1.33. The van der Waals surface area contributed by atoms with Crippen molar-refractivity contribution in [1.29, 1.82) is 0 Å². The molecule has 1 fully saturated rings. The van der Waals surface area contributed by atoms with Crippen molar-refractivity contribution in [1.82, 2.24) is 24.5 Å². The lowest BCUT2D eigenvalue weighted by atomic mass is 9.96. The first kappa shape index (κ1) is 22.1. The van der Waals surface area contributed by atoms with Gasteiger partial charge >= 0.3 is 0 Å². The van der Waals surface area contributed by atoms with Crippen molar-refractivity contribution in [3.8, 4) is 17.1 Å². The fourth-order valence-corrected chi connectivity index (χ4v) is 5.05. The maximum Gasteiger partial charge on any atom is 0.233 e. The highest BCUT2D eigenvalue weighted by molar-refractivity contribution is 7.99. The molecule has 0 spiro atoms. The minimum Gasteiger partial charge on any atom is -0.496 e. The molecule has 10 heteroatoms. The third kappa shape index (κ3) is 4.16. The van der Waals surface area contributed by atoms with Crippen LogP contribution in [0.5, 0.6) is 5.75 Å². The Morgan fingerprint density at radius 2 is 1.82 bits per heavy atom. The number of rotatable bonds is 6. The number of methoxy groups -OCH3 is 1. The zero-order chi connectivity index (χ0) is 23.7. The molecule has 0 aliphatic carbocycles. The molecule has 4 aromatic rings. The number of hydrogen-bond donors (Lipinski definition) is 1. The van der Waals surface area contributed by atoms with Gasteiger partial charge in [0.25, 0.3) is 0 Å². The highest BCUT2D eigenvalue weighted by atomic mass is 32.2. The summed E-state index contributed by atoms with van der Waals surface area (Å²) in [5.41, 5.74) is 7.64. The molecular weight excluding hydrogens is 452 g/mol. The lowest BCUT2D eigenvalue weighted by molar-refractivity contribution is -0.132. The summed E-state index contributed by atoms with van der Waals surface area (Å²) in [6.45, 7) is 1.07. The van der Waals surface area contributed by atoms with Crippen LogP contribution in [-0.2, 0) is 9.59 Å². The van der Waals surface area contributed by atoms with Crippen LogP contribution in [0, 0.1) is 5.92 Å². The number of likely N-dealkylation sites (tertiary alicyclic amines) is 1. The fraction of sp³-hybridized carbons (Fsp3) is 0.292. The number of para-hydroxylation sites is 2. The van der Waals surface area contributed by atoms with E-state index in [1.54, 1.807) is 16.5 Å². The van der Waals surface area contributed by atoms with E-state index in [0.29, 0.717) is 48.3 Å². The van der Waals surface area contributed by atoms with Gasteiger partial charge in [-0.2, -0.15) is 4.52 Å². The standard InChI is InChI=1S/C24H24N6O3S/c1-33-19-9-5-3-7-17(19)22-27-23-16-6-2-4-8-18(16)26-24(30(23)28-22)34-14-20(31)29-12-10-15(11-13-29)21(25)32/h2-9,15H,10-14H2,1H3,(H2,25,32). The average Bonchev–Trinajstić information content (AvgIpc) is 3.33. The van der Waals surface area contributed by atoms with Crippen LogP contribution >= 0.6 is 11.8 Å². The predicted octanol–water partition coefficient (Wildman–Crippen LogP) is 2.77. The van der Waals surface area contributed by atoms with E-state index in [9.17, 15) is 9.59 Å². The Bertz CT molecular complexity index is 1380. The van der Waals surface area contributed by atoms with E-state index in [1.165, 1.54) is 11.8 Å². The summed E-state index contributed by atoms with van der Waals surface area (Å²) in [5, 5.41) is 6.19. The summed E-state index contributed by atoms with van der Waals surface area (Å²) in [5.74, 6) is 0.979. The van der Waals surface area contributed by atoms with E-state index >= 15 is 0 Å². The molecule has 0 atom stereocenters. The van der Waals surface area contributed by atoms with Crippen LogP contribution < -0.4 is 10.5 Å². The highest BCUT2D eigenvalue weighted by Crippen LogP contribution is 2.31. The molecule has 2 amide bonds. The Morgan fingerprint density at radius 1 is 1.09 bits per heavy atom. The van der Waals surface area contributed by atoms with Crippen molar-refractivity contribution >= 4 is 40.1 Å². The quantitative estimate of drug-likeness (QED) is 0.336. The van der Waals surface area contributed by atoms with Gasteiger partial charge in [0.1, 0.15) is 5.75 Å². The van der Waals surface area contributed by atoms with Gasteiger partial charge in [-0.05, 0) is 37.1 Å². The smallest absolute Gasteiger partial charge is 0.233 e. The molecule has 174 valence electrons. The summed E-state index contributed by atoms with van der Waals surface area (Å²) in [7, 11) is 1.62. The molecule has 0 radical (unpaired) electrons. The van der Waals surface area contributed by atoms with Crippen LogP contribution in [0.25, 0.3) is 27.9 Å². The third-order valence-corrected chi connectivity index (χ3v) is 6.99. The summed E-state index contributed by atoms with van der Waals surface area (Å²) in [4.78, 5) is 35.6. The van der Waals surface area contributed by atoms with Gasteiger partial charge in [0, 0.05) is 24.4 Å². The molecule has 1 aliphatic rings. The molecule has 0 bridgehead atoms. The molecule has 2 aromatic heterocycles. The Morgan fingerprint density at radius 3 is 2.59 bits per heavy atom. The number of fused-ring (bicyclic) bond motifs is 3. The third-order valence-electron chi connectivity index (χ3n) is 6.07. The number of hydrogen-bond acceptors (Lipinski definition) is 7. The molecule has 2 aromatic carbocycles. The number of piperidine rings is 1. The number of carbonyl (C=O) groups excluding carboxylic acids is 2. The maximum absolute atomic E-state index is 12.9. The van der Waals surface area contributed by atoms with E-state index in [2.05, 4.69) is 0 Å². The maximum atomic E-state index is 12.9. The number of amides is 2. The first-order valence-electron chi connectivity index (χ1n) is 11.0. The largest absolute Gasteiger partial charge is 0.496 e. The fourth-order valence-electron chi connectivity index (χ4n) is 4.20. The second-order valence-corrected chi connectivity index (χ2v) is 9.07. The number of aromatic nitrogens is 4. The molecule has 5 rings (SSSR count). The van der Waals surface area contributed by atoms with Crippen LogP contribution in [-0.4, -0.2) is 62.2 Å². The molecule has 0 unspecified atom stereocenters. The van der Waals surface area contributed by atoms with Crippen LogP contribution in [0.4, 0.5) is 0 Å². The number of primary amides is 1. The number of ether oxygens (including phenoxy) is 1. The first-order valence-corrected chi connectivity index (χ1v) is 12.0. The lowest BCUT2D eigenvalue weighted by Crippen LogP contribution is -2.42. The van der Waals surface area contributed by atoms with E-state index in [-0.39, 0.29) is 23.5 Å². The number of thioether (sulfide) groups is 1. The lowest BCUT2D eigenvalue weighted by Gasteiger charge is -2.30. The summed E-state index contributed by atoms with van der Waals surface area (Å²) < 4.78 is 7.19. The first-order chi connectivity index (χ1) is 16.5. The zero-order valence-electron chi connectivity index (χ0n) is 18.7. The zero-order valence-corrected chi connectivity index (χ0v) is 19.5. The molecule has 1 saturated heterocycles. The molecule has 9 nitrogen and oxygen atoms in total. The number of carbonyl (C=O) groups is 2. The minimum absolute atomic E-state index is 0.00102. The second kappa shape index (κ2) is 9.30. The van der Waals surface area contributed by atoms with Crippen molar-refractivity contribution in [2.45, 2.75) is 18.0 Å². The van der Waals surface area contributed by atoms with E-state index in [4.69, 9.17) is 25.5 Å². The molecule has 34 heavy (non-hydrogen) atoms. The van der Waals surface area contributed by atoms with E-state index in [1.807, 2.05) is 48.5 Å². The van der Waals surface area contributed by atoms with Gasteiger partial charge in [0.05, 0.1) is 23.9 Å². The Balaban J connectivity index is 1.45. The highest BCUT2D eigenvalue weighted by Gasteiger charge is 2.26. The van der Waals surface area contributed by atoms with Crippen LogP contribution in [0.3, 0.4) is 0 Å². The Hall–Kier alpha value is -3.66. The van der Waals surface area contributed by atoms with Gasteiger partial charge in [0.15, 0.2) is 16.6 Å². The number of benzene rings is 2. The van der Waals surface area contributed by atoms with Gasteiger partial charge in [0.2, 0.25) is 11.8 Å². The van der Waals surface area contributed by atoms with E-state index < -0.39 is 0 Å². The Labute approximate surface area is 200 Å². The summed E-state index contributed by atoms with van der Waals surface area (Å²) in [6.07, 6.45) is 1.21. The van der Waals surface area contributed by atoms with Crippen LogP contribution in [0.2, 0.25) is 0 Å². The monoisotopic (exact) mass is 476 g/mol. The number of nitrogens with two attached hydrogens (primary N) is 1.